The summed E-state index contributed by atoms with van der Waals surface area (Å²) in [6, 6.07) is 14.9. The first kappa shape index (κ1) is 15.5. The Morgan fingerprint density at radius 1 is 1.05 bits per heavy atom. The van der Waals surface area contributed by atoms with Crippen LogP contribution in [0.25, 0.3) is 0 Å². The minimum atomic E-state index is -0.262. The number of halogens is 1. The molecule has 3 heteroatoms. The average Bonchev–Trinajstić information content (AvgIpc) is 2.46. The van der Waals surface area contributed by atoms with E-state index in [0.717, 1.165) is 5.56 Å². The maximum absolute atomic E-state index is 13.7. The summed E-state index contributed by atoms with van der Waals surface area (Å²) in [5.74, 6) is -0.262. The Labute approximate surface area is 126 Å². The van der Waals surface area contributed by atoms with E-state index in [4.69, 9.17) is 5.73 Å². The van der Waals surface area contributed by atoms with Crippen LogP contribution in [0.15, 0.2) is 48.5 Å². The van der Waals surface area contributed by atoms with Crippen molar-refractivity contribution < 1.29 is 4.39 Å². The molecule has 2 rings (SSSR count). The molecule has 0 bridgehead atoms. The lowest BCUT2D eigenvalue weighted by molar-refractivity contribution is 0.589. The lowest BCUT2D eigenvalue weighted by Gasteiger charge is -2.22. The molecule has 1 unspecified atom stereocenters. The summed E-state index contributed by atoms with van der Waals surface area (Å²) in [7, 11) is 0. The van der Waals surface area contributed by atoms with Crippen molar-refractivity contribution >= 4 is 5.69 Å². The monoisotopic (exact) mass is 286 g/mol. The van der Waals surface area contributed by atoms with E-state index < -0.39 is 0 Å². The van der Waals surface area contributed by atoms with Crippen molar-refractivity contribution in [2.24, 2.45) is 5.73 Å². The third-order valence-electron chi connectivity index (χ3n) is 3.62. The van der Waals surface area contributed by atoms with Crippen molar-refractivity contribution in [3.8, 4) is 0 Å². The maximum atomic E-state index is 13.7. The maximum Gasteiger partial charge on any atom is 0.146 e. The number of benzene rings is 2. The quantitative estimate of drug-likeness (QED) is 0.882. The standard InChI is InChI=1S/C18H23FN2/c1-18(2,3)14-10-8-13(9-11-14)17(12-20)21-16-7-5-4-6-15(16)19/h4-11,17,21H,12,20H2,1-3H3. The highest BCUT2D eigenvalue weighted by Gasteiger charge is 2.15. The first-order valence-corrected chi connectivity index (χ1v) is 7.23. The van der Waals surface area contributed by atoms with E-state index in [1.807, 2.05) is 6.07 Å². The number of nitrogens with one attached hydrogen (secondary N) is 1. The molecular formula is C18H23FN2. The Morgan fingerprint density at radius 3 is 2.19 bits per heavy atom. The molecule has 3 N–H and O–H groups in total. The van der Waals surface area contributed by atoms with Gasteiger partial charge < -0.3 is 11.1 Å². The van der Waals surface area contributed by atoms with Crippen molar-refractivity contribution in [2.75, 3.05) is 11.9 Å². The van der Waals surface area contributed by atoms with Gasteiger partial charge in [-0.25, -0.2) is 4.39 Å². The molecule has 112 valence electrons. The Hall–Kier alpha value is -1.87. The Bertz CT molecular complexity index is 585. The van der Waals surface area contributed by atoms with Gasteiger partial charge in [0.2, 0.25) is 0 Å². The summed E-state index contributed by atoms with van der Waals surface area (Å²) in [6.07, 6.45) is 0. The van der Waals surface area contributed by atoms with Crippen LogP contribution in [0.5, 0.6) is 0 Å². The third-order valence-corrected chi connectivity index (χ3v) is 3.62. The molecule has 0 aromatic heterocycles. The van der Waals surface area contributed by atoms with Crippen LogP contribution in [-0.2, 0) is 5.41 Å². The van der Waals surface area contributed by atoms with Gasteiger partial charge in [-0.1, -0.05) is 57.2 Å². The van der Waals surface area contributed by atoms with Crippen LogP contribution in [0.4, 0.5) is 10.1 Å². The number of hydrogen-bond acceptors (Lipinski definition) is 2. The zero-order valence-corrected chi connectivity index (χ0v) is 12.9. The molecule has 2 aromatic carbocycles. The average molecular weight is 286 g/mol. The van der Waals surface area contributed by atoms with Gasteiger partial charge in [-0.15, -0.1) is 0 Å². The fraction of sp³-hybridized carbons (Fsp3) is 0.333. The highest BCUT2D eigenvalue weighted by atomic mass is 19.1. The van der Waals surface area contributed by atoms with E-state index in [0.29, 0.717) is 12.2 Å². The van der Waals surface area contributed by atoms with Gasteiger partial charge in [-0.3, -0.25) is 0 Å². The minimum Gasteiger partial charge on any atom is -0.375 e. The molecular weight excluding hydrogens is 263 g/mol. The van der Waals surface area contributed by atoms with Crippen molar-refractivity contribution in [2.45, 2.75) is 32.2 Å². The van der Waals surface area contributed by atoms with Crippen molar-refractivity contribution in [1.29, 1.82) is 0 Å². The largest absolute Gasteiger partial charge is 0.375 e. The molecule has 0 radical (unpaired) electrons. The molecule has 0 saturated carbocycles. The number of rotatable bonds is 4. The van der Waals surface area contributed by atoms with Gasteiger partial charge in [0.25, 0.3) is 0 Å². The van der Waals surface area contributed by atoms with Crippen LogP contribution in [0.1, 0.15) is 37.9 Å². The van der Waals surface area contributed by atoms with E-state index >= 15 is 0 Å². The van der Waals surface area contributed by atoms with Crippen LogP contribution in [-0.4, -0.2) is 6.54 Å². The molecule has 21 heavy (non-hydrogen) atoms. The highest BCUT2D eigenvalue weighted by molar-refractivity contribution is 5.47. The Morgan fingerprint density at radius 2 is 1.67 bits per heavy atom. The second-order valence-electron chi connectivity index (χ2n) is 6.28. The lowest BCUT2D eigenvalue weighted by atomic mass is 9.86. The van der Waals surface area contributed by atoms with Crippen LogP contribution >= 0.6 is 0 Å². The fourth-order valence-electron chi connectivity index (χ4n) is 2.26. The normalized spacial score (nSPS) is 13.0. The van der Waals surface area contributed by atoms with Gasteiger partial charge in [0, 0.05) is 6.54 Å². The molecule has 0 saturated heterocycles. The number of anilines is 1. The fourth-order valence-corrected chi connectivity index (χ4v) is 2.26. The molecule has 0 heterocycles. The molecule has 0 amide bonds. The van der Waals surface area contributed by atoms with Gasteiger partial charge >= 0.3 is 0 Å². The molecule has 0 spiro atoms. The lowest BCUT2D eigenvalue weighted by Crippen LogP contribution is -2.21. The predicted octanol–water partition coefficient (Wildman–Crippen LogP) is 4.24. The molecule has 0 fully saturated rings. The molecule has 0 aliphatic heterocycles. The number of para-hydroxylation sites is 1. The Kier molecular flexibility index (Phi) is 4.63. The topological polar surface area (TPSA) is 38.0 Å². The van der Waals surface area contributed by atoms with Gasteiger partial charge in [-0.05, 0) is 28.7 Å². The molecule has 0 aliphatic carbocycles. The van der Waals surface area contributed by atoms with Crippen LogP contribution < -0.4 is 11.1 Å². The zero-order chi connectivity index (χ0) is 15.5. The van der Waals surface area contributed by atoms with Gasteiger partial charge in [0.05, 0.1) is 11.7 Å². The summed E-state index contributed by atoms with van der Waals surface area (Å²) in [6.45, 7) is 6.95. The van der Waals surface area contributed by atoms with Crippen molar-refractivity contribution in [3.05, 3.63) is 65.5 Å². The molecule has 2 nitrogen and oxygen atoms in total. The van der Waals surface area contributed by atoms with Gasteiger partial charge in [-0.2, -0.15) is 0 Å². The number of nitrogens with two attached hydrogens (primary N) is 1. The zero-order valence-electron chi connectivity index (χ0n) is 12.9. The molecule has 0 aliphatic rings. The number of hydrogen-bond donors (Lipinski definition) is 2. The SMILES string of the molecule is CC(C)(C)c1ccc(C(CN)Nc2ccccc2F)cc1. The summed E-state index contributed by atoms with van der Waals surface area (Å²) < 4.78 is 13.7. The van der Waals surface area contributed by atoms with Gasteiger partial charge in [0.1, 0.15) is 5.82 Å². The van der Waals surface area contributed by atoms with Crippen molar-refractivity contribution in [1.82, 2.24) is 0 Å². The summed E-state index contributed by atoms with van der Waals surface area (Å²) in [4.78, 5) is 0. The summed E-state index contributed by atoms with van der Waals surface area (Å²) in [5.41, 5.74) is 8.78. The highest BCUT2D eigenvalue weighted by Crippen LogP contribution is 2.25. The van der Waals surface area contributed by atoms with E-state index in [2.05, 4.69) is 50.4 Å². The second kappa shape index (κ2) is 6.27. The van der Waals surface area contributed by atoms with Crippen LogP contribution in [0, 0.1) is 5.82 Å². The van der Waals surface area contributed by atoms with Crippen molar-refractivity contribution in [3.63, 3.8) is 0 Å². The summed E-state index contributed by atoms with van der Waals surface area (Å²) >= 11 is 0. The first-order chi connectivity index (χ1) is 9.91. The summed E-state index contributed by atoms with van der Waals surface area (Å²) in [5, 5.41) is 3.17. The van der Waals surface area contributed by atoms with E-state index in [1.54, 1.807) is 12.1 Å². The molecule has 2 aromatic rings. The Balaban J connectivity index is 2.20. The van der Waals surface area contributed by atoms with Crippen LogP contribution in [0.2, 0.25) is 0 Å². The van der Waals surface area contributed by atoms with Crippen LogP contribution in [0.3, 0.4) is 0 Å². The first-order valence-electron chi connectivity index (χ1n) is 7.23. The third kappa shape index (κ3) is 3.82. The second-order valence-corrected chi connectivity index (χ2v) is 6.28. The van der Waals surface area contributed by atoms with Gasteiger partial charge in [0.15, 0.2) is 0 Å². The predicted molar refractivity (Wildman–Crippen MR) is 87.0 cm³/mol. The molecule has 1 atom stereocenters. The minimum absolute atomic E-state index is 0.101. The van der Waals surface area contributed by atoms with E-state index in [9.17, 15) is 4.39 Å². The smallest absolute Gasteiger partial charge is 0.146 e. The van der Waals surface area contributed by atoms with E-state index in [1.165, 1.54) is 11.6 Å². The van der Waals surface area contributed by atoms with E-state index in [-0.39, 0.29) is 17.3 Å².